The van der Waals surface area contributed by atoms with E-state index < -0.39 is 0 Å². The summed E-state index contributed by atoms with van der Waals surface area (Å²) in [4.78, 5) is 9.57. The molecule has 2 aliphatic rings. The van der Waals surface area contributed by atoms with Crippen molar-refractivity contribution in [3.05, 3.63) is 18.0 Å². The minimum atomic E-state index is -0.131. The van der Waals surface area contributed by atoms with Crippen molar-refractivity contribution in [3.8, 4) is 0 Å². The quantitative estimate of drug-likeness (QED) is 0.562. The van der Waals surface area contributed by atoms with E-state index in [1.807, 2.05) is 6.07 Å². The van der Waals surface area contributed by atoms with E-state index in [1.54, 1.807) is 6.26 Å². The Hall–Kier alpha value is -1.64. The van der Waals surface area contributed by atoms with Gasteiger partial charge in [0.2, 0.25) is 0 Å². The van der Waals surface area contributed by atoms with Gasteiger partial charge in [-0.2, -0.15) is 0 Å². The van der Waals surface area contributed by atoms with Crippen LogP contribution in [0.3, 0.4) is 0 Å². The van der Waals surface area contributed by atoms with Crippen LogP contribution in [0.4, 0.5) is 0 Å². The fourth-order valence-electron chi connectivity index (χ4n) is 3.51. The summed E-state index contributed by atoms with van der Waals surface area (Å²) in [5.41, 5.74) is 0.844. The topological polar surface area (TPSA) is 86.4 Å². The van der Waals surface area contributed by atoms with Crippen LogP contribution in [0.5, 0.6) is 0 Å². The third-order valence-electron chi connectivity index (χ3n) is 5.34. The van der Waals surface area contributed by atoms with E-state index in [9.17, 15) is 5.11 Å². The molecular weight excluding hydrogens is 334 g/mol. The van der Waals surface area contributed by atoms with E-state index in [4.69, 9.17) is 14.3 Å². The van der Waals surface area contributed by atoms with Gasteiger partial charge in [0.25, 0.3) is 0 Å². The van der Waals surface area contributed by atoms with Crippen LogP contribution in [0.2, 0.25) is 0 Å². The SMILES string of the molecule is CCNC(=NCC1(CO)CCOCC1)N1CCN(Cc2ccon2)CC1. The van der Waals surface area contributed by atoms with Gasteiger partial charge in [0.1, 0.15) is 6.26 Å². The number of rotatable bonds is 6. The predicted octanol–water partition coefficient (Wildman–Crippen LogP) is 0.547. The maximum atomic E-state index is 9.87. The van der Waals surface area contributed by atoms with Gasteiger partial charge >= 0.3 is 0 Å². The molecule has 2 aliphatic heterocycles. The Balaban J connectivity index is 1.55. The lowest BCUT2D eigenvalue weighted by Gasteiger charge is -2.37. The minimum Gasteiger partial charge on any atom is -0.396 e. The molecule has 8 nitrogen and oxygen atoms in total. The largest absolute Gasteiger partial charge is 0.396 e. The molecule has 3 rings (SSSR count). The fourth-order valence-corrected chi connectivity index (χ4v) is 3.51. The van der Waals surface area contributed by atoms with Crippen molar-refractivity contribution in [2.75, 3.05) is 59.1 Å². The van der Waals surface area contributed by atoms with Gasteiger partial charge in [-0.1, -0.05) is 5.16 Å². The Bertz CT molecular complexity index is 549. The van der Waals surface area contributed by atoms with Crippen molar-refractivity contribution < 1.29 is 14.4 Å². The summed E-state index contributed by atoms with van der Waals surface area (Å²) in [6.07, 6.45) is 3.37. The Morgan fingerprint density at radius 2 is 2.08 bits per heavy atom. The molecule has 0 radical (unpaired) electrons. The van der Waals surface area contributed by atoms with Crippen LogP contribution in [-0.2, 0) is 11.3 Å². The van der Waals surface area contributed by atoms with Crippen LogP contribution >= 0.6 is 0 Å². The van der Waals surface area contributed by atoms with Gasteiger partial charge in [-0.15, -0.1) is 0 Å². The number of aliphatic hydroxyl groups is 1. The second kappa shape index (κ2) is 9.34. The average Bonchev–Trinajstić information content (AvgIpc) is 3.20. The monoisotopic (exact) mass is 365 g/mol. The van der Waals surface area contributed by atoms with E-state index in [1.165, 1.54) is 0 Å². The number of guanidine groups is 1. The second-order valence-corrected chi connectivity index (χ2v) is 7.19. The minimum absolute atomic E-state index is 0.131. The van der Waals surface area contributed by atoms with Crippen molar-refractivity contribution in [3.63, 3.8) is 0 Å². The highest BCUT2D eigenvalue weighted by Crippen LogP contribution is 2.30. The molecule has 1 aromatic heterocycles. The molecule has 0 saturated carbocycles. The van der Waals surface area contributed by atoms with Crippen LogP contribution in [0.1, 0.15) is 25.5 Å². The first-order chi connectivity index (χ1) is 12.7. The Kier molecular flexibility index (Phi) is 6.87. The van der Waals surface area contributed by atoms with Crippen molar-refractivity contribution >= 4 is 5.96 Å². The van der Waals surface area contributed by atoms with E-state index in [0.717, 1.165) is 63.8 Å². The highest BCUT2D eigenvalue weighted by Gasteiger charge is 2.32. The number of aromatic nitrogens is 1. The molecule has 0 unspecified atom stereocenters. The first-order valence-corrected chi connectivity index (χ1v) is 9.58. The van der Waals surface area contributed by atoms with Crippen LogP contribution in [0.25, 0.3) is 0 Å². The molecular formula is C18H31N5O3. The van der Waals surface area contributed by atoms with E-state index in [-0.39, 0.29) is 12.0 Å². The van der Waals surface area contributed by atoms with Gasteiger partial charge < -0.3 is 24.6 Å². The average molecular weight is 365 g/mol. The molecule has 3 heterocycles. The number of hydrogen-bond donors (Lipinski definition) is 2. The van der Waals surface area contributed by atoms with Gasteiger partial charge in [-0.05, 0) is 19.8 Å². The molecule has 0 aromatic carbocycles. The third kappa shape index (κ3) is 4.96. The summed E-state index contributed by atoms with van der Waals surface area (Å²) >= 11 is 0. The Morgan fingerprint density at radius 3 is 2.69 bits per heavy atom. The fraction of sp³-hybridized carbons (Fsp3) is 0.778. The lowest BCUT2D eigenvalue weighted by Crippen LogP contribution is -2.52. The summed E-state index contributed by atoms with van der Waals surface area (Å²) in [6, 6.07) is 1.92. The molecule has 2 saturated heterocycles. The molecule has 146 valence electrons. The summed E-state index contributed by atoms with van der Waals surface area (Å²) in [5, 5.41) is 17.3. The zero-order valence-electron chi connectivity index (χ0n) is 15.7. The summed E-state index contributed by atoms with van der Waals surface area (Å²) in [7, 11) is 0. The standard InChI is InChI=1S/C18H31N5O3/c1-2-19-17(20-14-18(15-24)4-11-25-12-5-18)23-8-6-22(7-9-23)13-16-3-10-26-21-16/h3,10,24H,2,4-9,11-15H2,1H3,(H,19,20). The van der Waals surface area contributed by atoms with Gasteiger partial charge in [0.15, 0.2) is 5.96 Å². The maximum absolute atomic E-state index is 9.87. The predicted molar refractivity (Wildman–Crippen MR) is 98.9 cm³/mol. The lowest BCUT2D eigenvalue weighted by molar-refractivity contribution is -0.0107. The molecule has 0 amide bonds. The number of aliphatic hydroxyl groups excluding tert-OH is 1. The molecule has 8 heteroatoms. The molecule has 1 aromatic rings. The summed E-state index contributed by atoms with van der Waals surface area (Å²) in [5.74, 6) is 0.952. The zero-order valence-corrected chi connectivity index (χ0v) is 15.7. The number of nitrogens with one attached hydrogen (secondary N) is 1. The number of ether oxygens (including phenoxy) is 1. The van der Waals surface area contributed by atoms with Crippen LogP contribution in [-0.4, -0.2) is 85.1 Å². The van der Waals surface area contributed by atoms with Crippen molar-refractivity contribution in [1.82, 2.24) is 20.3 Å². The van der Waals surface area contributed by atoms with Crippen LogP contribution in [0.15, 0.2) is 21.8 Å². The highest BCUT2D eigenvalue weighted by molar-refractivity contribution is 5.80. The first-order valence-electron chi connectivity index (χ1n) is 9.58. The zero-order chi connectivity index (χ0) is 18.2. The highest BCUT2D eigenvalue weighted by atomic mass is 16.5. The third-order valence-corrected chi connectivity index (χ3v) is 5.34. The van der Waals surface area contributed by atoms with E-state index in [0.29, 0.717) is 19.8 Å². The smallest absolute Gasteiger partial charge is 0.194 e. The molecule has 2 fully saturated rings. The van der Waals surface area contributed by atoms with Crippen molar-refractivity contribution in [2.24, 2.45) is 10.4 Å². The maximum Gasteiger partial charge on any atom is 0.194 e. The van der Waals surface area contributed by atoms with E-state index in [2.05, 4.69) is 27.2 Å². The van der Waals surface area contributed by atoms with Crippen LogP contribution < -0.4 is 5.32 Å². The number of aliphatic imine (C=N–C) groups is 1. The second-order valence-electron chi connectivity index (χ2n) is 7.19. The van der Waals surface area contributed by atoms with Gasteiger partial charge in [0, 0.05) is 64.0 Å². The number of piperazine rings is 1. The normalized spacial score (nSPS) is 21.8. The molecule has 0 atom stereocenters. The number of nitrogens with zero attached hydrogens (tertiary/aromatic N) is 4. The van der Waals surface area contributed by atoms with Crippen LogP contribution in [0, 0.1) is 5.41 Å². The van der Waals surface area contributed by atoms with Gasteiger partial charge in [-0.25, -0.2) is 0 Å². The van der Waals surface area contributed by atoms with Crippen molar-refractivity contribution in [1.29, 1.82) is 0 Å². The van der Waals surface area contributed by atoms with E-state index >= 15 is 0 Å². The summed E-state index contributed by atoms with van der Waals surface area (Å²) in [6.45, 7) is 9.80. The summed E-state index contributed by atoms with van der Waals surface area (Å²) < 4.78 is 10.4. The van der Waals surface area contributed by atoms with Crippen molar-refractivity contribution in [2.45, 2.75) is 26.3 Å². The molecule has 0 aliphatic carbocycles. The number of hydrogen-bond acceptors (Lipinski definition) is 6. The molecule has 0 spiro atoms. The molecule has 0 bridgehead atoms. The van der Waals surface area contributed by atoms with Gasteiger partial charge in [-0.3, -0.25) is 9.89 Å². The van der Waals surface area contributed by atoms with Gasteiger partial charge in [0.05, 0.1) is 18.8 Å². The first kappa shape index (κ1) is 19.1. The Labute approximate surface area is 155 Å². The lowest BCUT2D eigenvalue weighted by atomic mass is 9.81. The molecule has 2 N–H and O–H groups in total. The molecule has 26 heavy (non-hydrogen) atoms. The Morgan fingerprint density at radius 1 is 1.31 bits per heavy atom.